The van der Waals surface area contributed by atoms with E-state index in [1.54, 1.807) is 0 Å². The van der Waals surface area contributed by atoms with Gasteiger partial charge < -0.3 is 0 Å². The van der Waals surface area contributed by atoms with Crippen LogP contribution in [-0.4, -0.2) is 0 Å². The van der Waals surface area contributed by atoms with E-state index < -0.39 is 0 Å². The summed E-state index contributed by atoms with van der Waals surface area (Å²) < 4.78 is 0. The van der Waals surface area contributed by atoms with Crippen LogP contribution in [0.25, 0.3) is 39.3 Å². The van der Waals surface area contributed by atoms with Crippen molar-refractivity contribution in [3.63, 3.8) is 0 Å². The quantitative estimate of drug-likeness (QED) is 0.321. The highest BCUT2D eigenvalue weighted by Crippen LogP contribution is 2.28. The Bertz CT molecular complexity index is 1340. The molecular weight excluding hydrogens is 360 g/mol. The van der Waals surface area contributed by atoms with Crippen LogP contribution < -0.4 is 10.4 Å². The first kappa shape index (κ1) is 20.2. The third-order valence-electron chi connectivity index (χ3n) is 6.11. The Hall–Kier alpha value is -3.12. The van der Waals surface area contributed by atoms with Crippen LogP contribution in [0.15, 0.2) is 78.9 Å². The van der Waals surface area contributed by atoms with Crippen molar-refractivity contribution in [3.05, 3.63) is 100 Å². The van der Waals surface area contributed by atoms with Crippen LogP contribution in [0.1, 0.15) is 44.7 Å². The van der Waals surface area contributed by atoms with Crippen molar-refractivity contribution in [2.75, 3.05) is 0 Å². The van der Waals surface area contributed by atoms with Crippen LogP contribution in [0, 0.1) is 0 Å². The van der Waals surface area contributed by atoms with Gasteiger partial charge in [0.25, 0.3) is 0 Å². The summed E-state index contributed by atoms with van der Waals surface area (Å²) in [6.07, 6.45) is 5.43. The van der Waals surface area contributed by atoms with Crippen molar-refractivity contribution < 1.29 is 0 Å². The van der Waals surface area contributed by atoms with Gasteiger partial charge in [-0.05, 0) is 74.0 Å². The summed E-state index contributed by atoms with van der Waals surface area (Å²) in [5, 5.41) is 7.75. The predicted octanol–water partition coefficient (Wildman–Crippen LogP) is 7.02. The molecule has 30 heavy (non-hydrogen) atoms. The molecule has 0 fully saturated rings. The van der Waals surface area contributed by atoms with E-state index in [4.69, 9.17) is 0 Å². The molecule has 0 saturated heterocycles. The lowest BCUT2D eigenvalue weighted by Gasteiger charge is -2.16. The molecule has 0 aromatic heterocycles. The SMILES string of the molecule is C=c1c(=C(CC)C(=CC)c2ccccc2)c2ccccc2c2cccc(CCC)c12. The van der Waals surface area contributed by atoms with E-state index in [1.165, 1.54) is 54.3 Å². The van der Waals surface area contributed by atoms with Gasteiger partial charge in [0, 0.05) is 0 Å². The van der Waals surface area contributed by atoms with Crippen molar-refractivity contribution in [2.24, 2.45) is 0 Å². The zero-order valence-electron chi connectivity index (χ0n) is 18.3. The van der Waals surface area contributed by atoms with Crippen LogP contribution in [0.5, 0.6) is 0 Å². The van der Waals surface area contributed by atoms with E-state index >= 15 is 0 Å². The molecule has 0 spiro atoms. The van der Waals surface area contributed by atoms with Crippen LogP contribution in [0.4, 0.5) is 0 Å². The second-order valence-electron chi connectivity index (χ2n) is 7.89. The lowest BCUT2D eigenvalue weighted by Crippen LogP contribution is -2.29. The molecule has 0 heteroatoms. The highest BCUT2D eigenvalue weighted by Gasteiger charge is 2.13. The van der Waals surface area contributed by atoms with Gasteiger partial charge in [0.2, 0.25) is 0 Å². The Morgan fingerprint density at radius 2 is 1.47 bits per heavy atom. The molecule has 4 aromatic rings. The molecule has 4 aromatic carbocycles. The summed E-state index contributed by atoms with van der Waals surface area (Å²) in [5.74, 6) is 0. The number of fused-ring (bicyclic) bond motifs is 3. The summed E-state index contributed by atoms with van der Waals surface area (Å²) in [6, 6.07) is 26.3. The molecule has 0 N–H and O–H groups in total. The molecule has 0 atom stereocenters. The number of allylic oxidation sites excluding steroid dienone is 2. The standard InChI is InChI=1S/C30H30/c1-5-14-23-17-13-20-27-26-18-11-12-19-28(26)30(21(4)29(23)27)25(7-3)24(6-2)22-15-9-8-10-16-22/h6,8-13,15-20H,4-5,7,14H2,1-3H3. The summed E-state index contributed by atoms with van der Waals surface area (Å²) in [5.41, 5.74) is 5.35. The van der Waals surface area contributed by atoms with Gasteiger partial charge in [0.1, 0.15) is 0 Å². The van der Waals surface area contributed by atoms with Gasteiger partial charge in [-0.3, -0.25) is 0 Å². The number of hydrogen-bond acceptors (Lipinski definition) is 0. The minimum atomic E-state index is 0.961. The lowest BCUT2D eigenvalue weighted by atomic mass is 9.88. The van der Waals surface area contributed by atoms with Crippen molar-refractivity contribution in [1.29, 1.82) is 0 Å². The monoisotopic (exact) mass is 390 g/mol. The van der Waals surface area contributed by atoms with Crippen molar-refractivity contribution in [3.8, 4) is 0 Å². The molecule has 0 amide bonds. The maximum Gasteiger partial charge on any atom is -0.00667 e. The molecular formula is C30H30. The van der Waals surface area contributed by atoms with Crippen molar-refractivity contribution in [1.82, 2.24) is 0 Å². The minimum Gasteiger partial charge on any atom is -0.0905 e. The Labute approximate surface area is 179 Å². The normalized spacial score (nSPS) is 13.1. The van der Waals surface area contributed by atoms with Crippen LogP contribution >= 0.6 is 0 Å². The third-order valence-corrected chi connectivity index (χ3v) is 6.11. The summed E-state index contributed by atoms with van der Waals surface area (Å²) >= 11 is 0. The Kier molecular flexibility index (Phi) is 5.86. The molecule has 0 unspecified atom stereocenters. The number of hydrogen-bond donors (Lipinski definition) is 0. The van der Waals surface area contributed by atoms with Gasteiger partial charge in [-0.15, -0.1) is 0 Å². The van der Waals surface area contributed by atoms with E-state index in [0.717, 1.165) is 19.3 Å². The molecule has 4 rings (SSSR count). The fourth-order valence-electron chi connectivity index (χ4n) is 4.86. The number of rotatable bonds is 5. The number of benzene rings is 4. The van der Waals surface area contributed by atoms with Crippen molar-refractivity contribution in [2.45, 2.75) is 40.0 Å². The van der Waals surface area contributed by atoms with E-state index in [-0.39, 0.29) is 0 Å². The maximum absolute atomic E-state index is 4.67. The fourth-order valence-corrected chi connectivity index (χ4v) is 4.86. The highest BCUT2D eigenvalue weighted by atomic mass is 14.2. The summed E-state index contributed by atoms with van der Waals surface area (Å²) in [7, 11) is 0. The fraction of sp³-hybridized carbons (Fsp3) is 0.200. The zero-order valence-corrected chi connectivity index (χ0v) is 18.3. The molecule has 0 heterocycles. The molecule has 0 aliphatic rings. The summed E-state index contributed by atoms with van der Waals surface area (Å²) in [4.78, 5) is 0. The molecule has 0 bridgehead atoms. The smallest absolute Gasteiger partial charge is 0.00667 e. The first-order valence-electron chi connectivity index (χ1n) is 11.1. The third kappa shape index (κ3) is 3.37. The Morgan fingerprint density at radius 1 is 0.800 bits per heavy atom. The van der Waals surface area contributed by atoms with Crippen LogP contribution in [0.3, 0.4) is 0 Å². The molecule has 0 aliphatic carbocycles. The van der Waals surface area contributed by atoms with Gasteiger partial charge in [-0.2, -0.15) is 0 Å². The summed E-state index contributed by atoms with van der Waals surface area (Å²) in [6.45, 7) is 11.3. The second kappa shape index (κ2) is 8.71. The topological polar surface area (TPSA) is 0 Å². The van der Waals surface area contributed by atoms with E-state index in [0.29, 0.717) is 0 Å². The Morgan fingerprint density at radius 3 is 2.13 bits per heavy atom. The molecule has 0 saturated carbocycles. The lowest BCUT2D eigenvalue weighted by molar-refractivity contribution is 0.929. The highest BCUT2D eigenvalue weighted by molar-refractivity contribution is 6.11. The van der Waals surface area contributed by atoms with E-state index in [2.05, 4.69) is 106 Å². The van der Waals surface area contributed by atoms with Gasteiger partial charge in [-0.25, -0.2) is 0 Å². The first-order valence-corrected chi connectivity index (χ1v) is 11.1. The molecule has 0 aliphatic heterocycles. The zero-order chi connectivity index (χ0) is 21.1. The molecule has 0 radical (unpaired) electrons. The second-order valence-corrected chi connectivity index (χ2v) is 7.89. The molecule has 0 nitrogen and oxygen atoms in total. The van der Waals surface area contributed by atoms with E-state index in [9.17, 15) is 0 Å². The Balaban J connectivity index is 2.25. The molecule has 150 valence electrons. The maximum atomic E-state index is 4.67. The average Bonchev–Trinajstić information content (AvgIpc) is 2.79. The average molecular weight is 391 g/mol. The van der Waals surface area contributed by atoms with Crippen molar-refractivity contribution >= 4 is 39.3 Å². The predicted molar refractivity (Wildman–Crippen MR) is 134 cm³/mol. The van der Waals surface area contributed by atoms with Crippen LogP contribution in [-0.2, 0) is 6.42 Å². The minimum absolute atomic E-state index is 0.961. The van der Waals surface area contributed by atoms with Crippen LogP contribution in [0.2, 0.25) is 0 Å². The van der Waals surface area contributed by atoms with Gasteiger partial charge in [-0.1, -0.05) is 106 Å². The van der Waals surface area contributed by atoms with Gasteiger partial charge >= 0.3 is 0 Å². The van der Waals surface area contributed by atoms with Gasteiger partial charge in [0.05, 0.1) is 0 Å². The largest absolute Gasteiger partial charge is 0.0905 e. The van der Waals surface area contributed by atoms with E-state index in [1.807, 2.05) is 0 Å². The number of aryl methyl sites for hydroxylation is 1. The first-order chi connectivity index (χ1) is 14.7. The van der Waals surface area contributed by atoms with Gasteiger partial charge in [0.15, 0.2) is 0 Å².